The fourth-order valence-corrected chi connectivity index (χ4v) is 1.13. The molecule has 0 saturated carbocycles. The predicted octanol–water partition coefficient (Wildman–Crippen LogP) is 3.88. The molecule has 1 aromatic rings. The van der Waals surface area contributed by atoms with Crippen molar-refractivity contribution in [2.45, 2.75) is 33.6 Å². The van der Waals surface area contributed by atoms with Crippen LogP contribution in [0.5, 0.6) is 0 Å². The molecule has 0 atom stereocenters. The van der Waals surface area contributed by atoms with Gasteiger partial charge in [-0.05, 0) is 6.92 Å². The Morgan fingerprint density at radius 2 is 2.10 bits per heavy atom. The third-order valence-corrected chi connectivity index (χ3v) is 2.34. The molecule has 0 amide bonds. The first-order valence-corrected chi connectivity index (χ1v) is 6.62. The fourth-order valence-electron chi connectivity index (χ4n) is 1.13. The van der Waals surface area contributed by atoms with Crippen molar-refractivity contribution in [2.24, 2.45) is 0 Å². The van der Waals surface area contributed by atoms with Crippen LogP contribution in [-0.2, 0) is 0 Å². The smallest absolute Gasteiger partial charge is 0.161 e. The van der Waals surface area contributed by atoms with Crippen LogP contribution >= 0.6 is 0 Å². The van der Waals surface area contributed by atoms with Gasteiger partial charge in [-0.3, -0.25) is 0 Å². The Morgan fingerprint density at radius 3 is 2.50 bits per heavy atom. The molecule has 0 fully saturated rings. The molecule has 4 heteroatoms. The van der Waals surface area contributed by atoms with Crippen molar-refractivity contribution in [1.29, 1.82) is 5.26 Å². The summed E-state index contributed by atoms with van der Waals surface area (Å²) in [7, 11) is 0. The van der Waals surface area contributed by atoms with Crippen molar-refractivity contribution in [1.82, 2.24) is 9.97 Å². The van der Waals surface area contributed by atoms with Crippen LogP contribution in [0.4, 0.5) is 5.82 Å². The zero-order valence-corrected chi connectivity index (χ0v) is 12.4. The molecule has 0 aromatic carbocycles. The van der Waals surface area contributed by atoms with Gasteiger partial charge in [-0.1, -0.05) is 57.6 Å². The molecule has 0 bridgehead atoms. The van der Waals surface area contributed by atoms with E-state index in [2.05, 4.69) is 30.4 Å². The zero-order valence-electron chi connectivity index (χ0n) is 12.4. The summed E-state index contributed by atoms with van der Waals surface area (Å²) < 4.78 is 0. The predicted molar refractivity (Wildman–Crippen MR) is 84.7 cm³/mol. The highest BCUT2D eigenvalue weighted by molar-refractivity contribution is 5.71. The highest BCUT2D eigenvalue weighted by Gasteiger charge is 2.05. The van der Waals surface area contributed by atoms with Gasteiger partial charge in [-0.25, -0.2) is 9.97 Å². The Labute approximate surface area is 121 Å². The van der Waals surface area contributed by atoms with Crippen LogP contribution < -0.4 is 5.73 Å². The van der Waals surface area contributed by atoms with E-state index in [1.165, 1.54) is 19.0 Å². The maximum atomic E-state index is 8.70. The van der Waals surface area contributed by atoms with E-state index in [0.717, 1.165) is 5.57 Å². The van der Waals surface area contributed by atoms with E-state index in [0.29, 0.717) is 5.82 Å². The molecular formula is C16H22N4. The second kappa shape index (κ2) is 10.5. The summed E-state index contributed by atoms with van der Waals surface area (Å²) in [4.78, 5) is 8.13. The maximum Gasteiger partial charge on any atom is 0.161 e. The Bertz CT molecular complexity index is 520. The zero-order chi connectivity index (χ0) is 15.4. The number of aromatic nitrogens is 2. The first-order chi connectivity index (χ1) is 9.64. The molecule has 0 radical (unpaired) electrons. The van der Waals surface area contributed by atoms with E-state index in [4.69, 9.17) is 11.0 Å². The number of unbranched alkanes of at least 4 members (excludes halogenated alkanes) is 1. The monoisotopic (exact) mass is 270 g/mol. The van der Waals surface area contributed by atoms with Gasteiger partial charge in [0, 0.05) is 5.57 Å². The number of allylic oxidation sites excluding steroid dienone is 5. The normalized spacial score (nSPS) is 10.6. The Hall–Kier alpha value is -2.41. The first-order valence-electron chi connectivity index (χ1n) is 6.62. The van der Waals surface area contributed by atoms with Crippen LogP contribution in [0.3, 0.4) is 0 Å². The van der Waals surface area contributed by atoms with Crippen LogP contribution in [0.1, 0.15) is 45.0 Å². The Morgan fingerprint density at radius 1 is 1.45 bits per heavy atom. The number of nitrogens with zero attached hydrogens (tertiary/aromatic N) is 3. The van der Waals surface area contributed by atoms with Gasteiger partial charge in [0.05, 0.1) is 6.20 Å². The molecule has 1 aromatic heterocycles. The second-order valence-electron chi connectivity index (χ2n) is 3.96. The summed E-state index contributed by atoms with van der Waals surface area (Å²) in [5.41, 5.74) is 6.69. The van der Waals surface area contributed by atoms with Gasteiger partial charge < -0.3 is 5.73 Å². The minimum atomic E-state index is 0.187. The number of hydrogen-bond acceptors (Lipinski definition) is 4. The van der Waals surface area contributed by atoms with Gasteiger partial charge in [0.2, 0.25) is 0 Å². The van der Waals surface area contributed by atoms with Gasteiger partial charge >= 0.3 is 0 Å². The molecule has 0 unspecified atom stereocenters. The van der Waals surface area contributed by atoms with Crippen molar-refractivity contribution >= 4 is 11.4 Å². The van der Waals surface area contributed by atoms with Crippen molar-refractivity contribution in [3.8, 4) is 6.07 Å². The number of nitrogens with two attached hydrogens (primary N) is 1. The van der Waals surface area contributed by atoms with Crippen molar-refractivity contribution in [2.75, 3.05) is 5.73 Å². The largest absolute Gasteiger partial charge is 0.382 e. The van der Waals surface area contributed by atoms with Gasteiger partial charge in [0.15, 0.2) is 5.82 Å². The SMILES string of the molecule is C=C/C=C(\C=C/C)c1ncc(C#N)c(N)n1.CCCC. The summed E-state index contributed by atoms with van der Waals surface area (Å²) in [6.07, 6.45) is 11.2. The average Bonchev–Trinajstić information content (AvgIpc) is 2.47. The van der Waals surface area contributed by atoms with E-state index in [-0.39, 0.29) is 11.4 Å². The summed E-state index contributed by atoms with van der Waals surface area (Å²) in [5, 5.41) is 8.70. The number of nitriles is 1. The molecule has 0 aliphatic heterocycles. The van der Waals surface area contributed by atoms with Crippen LogP contribution in [0.2, 0.25) is 0 Å². The van der Waals surface area contributed by atoms with Crippen LogP contribution in [0.15, 0.2) is 37.1 Å². The average molecular weight is 270 g/mol. The van der Waals surface area contributed by atoms with E-state index < -0.39 is 0 Å². The molecule has 0 saturated heterocycles. The van der Waals surface area contributed by atoms with Gasteiger partial charge in [-0.15, -0.1) is 0 Å². The number of hydrogen-bond donors (Lipinski definition) is 1. The van der Waals surface area contributed by atoms with E-state index >= 15 is 0 Å². The molecule has 0 aliphatic rings. The summed E-state index contributed by atoms with van der Waals surface area (Å²) in [5.74, 6) is 0.668. The third-order valence-electron chi connectivity index (χ3n) is 2.34. The minimum Gasteiger partial charge on any atom is -0.382 e. The Balaban J connectivity index is 0.000000796. The van der Waals surface area contributed by atoms with Gasteiger partial charge in [0.25, 0.3) is 0 Å². The number of rotatable bonds is 4. The highest BCUT2D eigenvalue weighted by Crippen LogP contribution is 2.14. The molecule has 0 aliphatic carbocycles. The molecule has 106 valence electrons. The summed E-state index contributed by atoms with van der Waals surface area (Å²) in [6, 6.07) is 1.92. The summed E-state index contributed by atoms with van der Waals surface area (Å²) in [6.45, 7) is 9.87. The third kappa shape index (κ3) is 5.96. The molecule has 1 heterocycles. The summed E-state index contributed by atoms with van der Waals surface area (Å²) >= 11 is 0. The molecule has 1 rings (SSSR count). The van der Waals surface area contributed by atoms with Crippen LogP contribution in [0.25, 0.3) is 5.57 Å². The van der Waals surface area contributed by atoms with Gasteiger partial charge in [-0.2, -0.15) is 5.26 Å². The van der Waals surface area contributed by atoms with Crippen molar-refractivity contribution < 1.29 is 0 Å². The number of anilines is 1. The molecule has 0 spiro atoms. The molecule has 4 nitrogen and oxygen atoms in total. The topological polar surface area (TPSA) is 75.6 Å². The standard InChI is InChI=1S/C12H12N4.C4H10/c1-3-5-9(6-4-2)12-15-8-10(7-13)11(14)16-12;1-3-4-2/h3-6,8H,1H2,2H3,(H2,14,15,16);3-4H2,1-2H3/b6-4-,9-5+;. The lowest BCUT2D eigenvalue weighted by molar-refractivity contribution is 0.886. The van der Waals surface area contributed by atoms with Crippen molar-refractivity contribution in [3.05, 3.63) is 48.5 Å². The quantitative estimate of drug-likeness (QED) is 0.842. The van der Waals surface area contributed by atoms with E-state index in [9.17, 15) is 0 Å². The van der Waals surface area contributed by atoms with Crippen molar-refractivity contribution in [3.63, 3.8) is 0 Å². The maximum absolute atomic E-state index is 8.70. The fraction of sp³-hybridized carbons (Fsp3) is 0.312. The minimum absolute atomic E-state index is 0.187. The lowest BCUT2D eigenvalue weighted by Crippen LogP contribution is -2.00. The van der Waals surface area contributed by atoms with E-state index in [1.807, 2.05) is 25.1 Å². The lowest BCUT2D eigenvalue weighted by Gasteiger charge is -2.02. The second-order valence-corrected chi connectivity index (χ2v) is 3.96. The molecular weight excluding hydrogens is 248 g/mol. The molecule has 2 N–H and O–H groups in total. The van der Waals surface area contributed by atoms with E-state index in [1.54, 1.807) is 12.2 Å². The van der Waals surface area contributed by atoms with Crippen LogP contribution in [0, 0.1) is 11.3 Å². The lowest BCUT2D eigenvalue weighted by atomic mass is 10.2. The molecule has 20 heavy (non-hydrogen) atoms. The Kier molecular flexibility index (Phi) is 9.24. The highest BCUT2D eigenvalue weighted by atomic mass is 14.9. The first kappa shape index (κ1) is 17.6. The van der Waals surface area contributed by atoms with Gasteiger partial charge in [0.1, 0.15) is 17.5 Å². The van der Waals surface area contributed by atoms with Crippen LogP contribution in [-0.4, -0.2) is 9.97 Å². The number of nitrogen functional groups attached to an aromatic ring is 1.